The van der Waals surface area contributed by atoms with E-state index in [4.69, 9.17) is 0 Å². The smallest absolute Gasteiger partial charge is 0.0852 e. The van der Waals surface area contributed by atoms with Crippen LogP contribution in [-0.2, 0) is 0 Å². The maximum absolute atomic E-state index is 4.36. The van der Waals surface area contributed by atoms with Crippen LogP contribution in [0.1, 0.15) is 32.1 Å². The molecule has 2 heterocycles. The normalized spacial score (nSPS) is 31.3. The van der Waals surface area contributed by atoms with E-state index < -0.39 is 0 Å². The fourth-order valence-corrected chi connectivity index (χ4v) is 2.07. The molecule has 0 amide bonds. The van der Waals surface area contributed by atoms with E-state index >= 15 is 0 Å². The fraction of sp³-hybridized carbons (Fsp3) is 0.889. The largest absolute Gasteiger partial charge is 0.360 e. The molecule has 1 unspecified atom stereocenters. The predicted octanol–water partition coefficient (Wildman–Crippen LogP) is 1.66. The Bertz CT molecular complexity index is 154. The van der Waals surface area contributed by atoms with E-state index in [-0.39, 0.29) is 0 Å². The molecule has 0 spiro atoms. The van der Waals surface area contributed by atoms with Gasteiger partial charge in [-0.05, 0) is 32.1 Å². The molecule has 62 valence electrons. The molecule has 1 atom stereocenters. The van der Waals surface area contributed by atoms with Crippen LogP contribution >= 0.6 is 0 Å². The molecule has 0 aromatic rings. The summed E-state index contributed by atoms with van der Waals surface area (Å²) >= 11 is 0. The lowest BCUT2D eigenvalue weighted by atomic mass is 9.99. The van der Waals surface area contributed by atoms with Crippen molar-refractivity contribution in [3.63, 3.8) is 0 Å². The quantitative estimate of drug-likeness (QED) is 0.515. The van der Waals surface area contributed by atoms with Crippen LogP contribution in [0.15, 0.2) is 4.99 Å². The number of rotatable bonds is 0. The summed E-state index contributed by atoms with van der Waals surface area (Å²) in [5, 5.41) is 0. The first-order valence-electron chi connectivity index (χ1n) is 4.72. The molecule has 0 bridgehead atoms. The van der Waals surface area contributed by atoms with Gasteiger partial charge in [0.2, 0.25) is 0 Å². The van der Waals surface area contributed by atoms with Crippen molar-refractivity contribution in [2.75, 3.05) is 13.1 Å². The lowest BCUT2D eigenvalue weighted by Crippen LogP contribution is -2.37. The zero-order valence-electron chi connectivity index (χ0n) is 7.00. The third-order valence-electron chi connectivity index (χ3n) is 2.73. The number of hydrogen-bond acceptors (Lipinski definition) is 2. The van der Waals surface area contributed by atoms with E-state index in [1.807, 2.05) is 0 Å². The molecular formula is C9H16N2. The van der Waals surface area contributed by atoms with E-state index in [0.29, 0.717) is 0 Å². The van der Waals surface area contributed by atoms with E-state index in [1.165, 1.54) is 38.6 Å². The lowest BCUT2D eigenvalue weighted by Gasteiger charge is -2.32. The van der Waals surface area contributed by atoms with Crippen LogP contribution in [0.3, 0.4) is 0 Å². The Kier molecular flexibility index (Phi) is 2.11. The van der Waals surface area contributed by atoms with Gasteiger partial charge in [-0.2, -0.15) is 0 Å². The Morgan fingerprint density at radius 2 is 2.09 bits per heavy atom. The average Bonchev–Trinajstić information content (AvgIpc) is 2.28. The van der Waals surface area contributed by atoms with E-state index in [9.17, 15) is 0 Å². The minimum absolute atomic E-state index is 0.829. The standard InChI is InChI=1S/C9H16N2/c1-2-7-11-8-10-6-3-5-9(11)4-1/h8-9H,1-7H2. The van der Waals surface area contributed by atoms with Gasteiger partial charge in [-0.1, -0.05) is 0 Å². The summed E-state index contributed by atoms with van der Waals surface area (Å²) in [6, 6.07) is 0.829. The fourth-order valence-electron chi connectivity index (χ4n) is 2.07. The lowest BCUT2D eigenvalue weighted by molar-refractivity contribution is 0.240. The van der Waals surface area contributed by atoms with E-state index in [2.05, 4.69) is 16.2 Å². The summed E-state index contributed by atoms with van der Waals surface area (Å²) < 4.78 is 0. The summed E-state index contributed by atoms with van der Waals surface area (Å²) in [5.74, 6) is 0. The molecule has 1 fully saturated rings. The van der Waals surface area contributed by atoms with Crippen molar-refractivity contribution in [3.05, 3.63) is 0 Å². The second-order valence-corrected chi connectivity index (χ2v) is 3.55. The number of piperidine rings is 1. The minimum Gasteiger partial charge on any atom is -0.360 e. The predicted molar refractivity (Wildman–Crippen MR) is 46.9 cm³/mol. The number of hydrogen-bond donors (Lipinski definition) is 0. The highest BCUT2D eigenvalue weighted by atomic mass is 15.2. The highest BCUT2D eigenvalue weighted by Gasteiger charge is 2.20. The summed E-state index contributed by atoms with van der Waals surface area (Å²) in [5.41, 5.74) is 0. The average molecular weight is 152 g/mol. The maximum Gasteiger partial charge on any atom is 0.0852 e. The van der Waals surface area contributed by atoms with Crippen LogP contribution in [-0.4, -0.2) is 30.4 Å². The van der Waals surface area contributed by atoms with Crippen LogP contribution in [0.5, 0.6) is 0 Å². The third kappa shape index (κ3) is 1.55. The van der Waals surface area contributed by atoms with Crippen molar-refractivity contribution in [2.45, 2.75) is 38.1 Å². The van der Waals surface area contributed by atoms with Gasteiger partial charge in [0.15, 0.2) is 0 Å². The molecule has 2 nitrogen and oxygen atoms in total. The third-order valence-corrected chi connectivity index (χ3v) is 2.73. The molecule has 11 heavy (non-hydrogen) atoms. The monoisotopic (exact) mass is 152 g/mol. The van der Waals surface area contributed by atoms with Gasteiger partial charge >= 0.3 is 0 Å². The van der Waals surface area contributed by atoms with Crippen LogP contribution < -0.4 is 0 Å². The second-order valence-electron chi connectivity index (χ2n) is 3.55. The zero-order chi connectivity index (χ0) is 7.52. The highest BCUT2D eigenvalue weighted by Crippen LogP contribution is 2.20. The Labute approximate surface area is 68.3 Å². The number of fused-ring (bicyclic) bond motifs is 1. The molecule has 0 aromatic carbocycles. The Balaban J connectivity index is 2.02. The van der Waals surface area contributed by atoms with Crippen LogP contribution in [0.4, 0.5) is 0 Å². The summed E-state index contributed by atoms with van der Waals surface area (Å²) in [4.78, 5) is 6.80. The SMILES string of the molecule is C1=NCCCC2CCCCN12. The first-order valence-corrected chi connectivity index (χ1v) is 4.72. The Morgan fingerprint density at radius 1 is 1.18 bits per heavy atom. The van der Waals surface area contributed by atoms with Crippen molar-refractivity contribution >= 4 is 6.34 Å². The van der Waals surface area contributed by atoms with Crippen molar-refractivity contribution < 1.29 is 0 Å². The molecule has 2 aliphatic heterocycles. The van der Waals surface area contributed by atoms with Crippen molar-refractivity contribution in [2.24, 2.45) is 4.99 Å². The van der Waals surface area contributed by atoms with Crippen LogP contribution in [0, 0.1) is 0 Å². The Morgan fingerprint density at radius 3 is 3.09 bits per heavy atom. The maximum atomic E-state index is 4.36. The number of nitrogens with zero attached hydrogens (tertiary/aromatic N) is 2. The molecule has 0 saturated carbocycles. The molecular weight excluding hydrogens is 136 g/mol. The molecule has 1 saturated heterocycles. The highest BCUT2D eigenvalue weighted by molar-refractivity contribution is 5.56. The summed E-state index contributed by atoms with van der Waals surface area (Å²) in [6.45, 7) is 2.29. The Hall–Kier alpha value is -0.530. The van der Waals surface area contributed by atoms with Crippen LogP contribution in [0.2, 0.25) is 0 Å². The zero-order valence-corrected chi connectivity index (χ0v) is 7.00. The molecule has 2 aliphatic rings. The van der Waals surface area contributed by atoms with E-state index in [1.54, 1.807) is 0 Å². The van der Waals surface area contributed by atoms with Gasteiger partial charge in [-0.15, -0.1) is 0 Å². The molecule has 0 N–H and O–H groups in total. The van der Waals surface area contributed by atoms with Gasteiger partial charge in [0.05, 0.1) is 6.34 Å². The van der Waals surface area contributed by atoms with Gasteiger partial charge in [-0.3, -0.25) is 4.99 Å². The number of aliphatic imine (C=N–C) groups is 1. The van der Waals surface area contributed by atoms with Gasteiger partial charge in [-0.25, -0.2) is 0 Å². The van der Waals surface area contributed by atoms with Gasteiger partial charge in [0.1, 0.15) is 0 Å². The first-order chi connectivity index (χ1) is 5.47. The van der Waals surface area contributed by atoms with Crippen molar-refractivity contribution in [1.29, 1.82) is 0 Å². The first kappa shape index (κ1) is 7.14. The van der Waals surface area contributed by atoms with Crippen molar-refractivity contribution in [3.8, 4) is 0 Å². The minimum atomic E-state index is 0.829. The summed E-state index contributed by atoms with van der Waals surface area (Å²) in [6.07, 6.45) is 8.91. The molecule has 0 radical (unpaired) electrons. The molecule has 0 aromatic heterocycles. The second kappa shape index (κ2) is 3.24. The molecule has 0 aliphatic carbocycles. The molecule has 2 heteroatoms. The van der Waals surface area contributed by atoms with E-state index in [0.717, 1.165) is 12.6 Å². The van der Waals surface area contributed by atoms with Gasteiger partial charge in [0.25, 0.3) is 0 Å². The summed E-state index contributed by atoms with van der Waals surface area (Å²) in [7, 11) is 0. The molecule has 2 rings (SSSR count). The van der Waals surface area contributed by atoms with Crippen molar-refractivity contribution in [1.82, 2.24) is 4.90 Å². The topological polar surface area (TPSA) is 15.6 Å². The van der Waals surface area contributed by atoms with Gasteiger partial charge < -0.3 is 4.90 Å². The van der Waals surface area contributed by atoms with Crippen LogP contribution in [0.25, 0.3) is 0 Å². The van der Waals surface area contributed by atoms with Gasteiger partial charge in [0, 0.05) is 19.1 Å².